The Labute approximate surface area is 71.9 Å². The number of hydrogen-bond acceptors (Lipinski definition) is 0. The second-order valence-corrected chi connectivity index (χ2v) is 5.97. The van der Waals surface area contributed by atoms with Gasteiger partial charge in [-0.05, 0) is 0 Å². The van der Waals surface area contributed by atoms with E-state index in [1.807, 2.05) is 0 Å². The van der Waals surface area contributed by atoms with Crippen LogP contribution in [-0.2, 0) is 0 Å². The number of halogens is 1. The molecule has 0 nitrogen and oxygen atoms in total. The average Bonchev–Trinajstić information content (AvgIpc) is 1.86. The van der Waals surface area contributed by atoms with E-state index < -0.39 is 0 Å². The fraction of sp³-hybridized carbons (Fsp3) is 0.333. The van der Waals surface area contributed by atoms with Gasteiger partial charge in [0.2, 0.25) is 0 Å². The number of alkyl halides is 2. The minimum absolute atomic E-state index is 0.547. The predicted octanol–water partition coefficient (Wildman–Crippen LogP) is -0.780. The molecule has 1 fully saturated rings. The SMILES string of the molecule is c1ccc(C2CC[I-]2)cc1. The maximum atomic E-state index is 2.27. The van der Waals surface area contributed by atoms with Gasteiger partial charge in [-0.3, -0.25) is 0 Å². The van der Waals surface area contributed by atoms with Gasteiger partial charge in [0, 0.05) is 0 Å². The molecular formula is C9H10I-. The summed E-state index contributed by atoms with van der Waals surface area (Å²) in [4.78, 5) is 0. The van der Waals surface area contributed by atoms with Crippen LogP contribution in [-0.4, -0.2) is 4.43 Å². The number of benzene rings is 1. The van der Waals surface area contributed by atoms with Gasteiger partial charge in [0.05, 0.1) is 0 Å². The average molecular weight is 245 g/mol. The standard InChI is InChI=1S/C9H10I/c1-2-4-8(5-3-1)9-6-7-10-9/h1-5,9H,6-7H2/q-1. The van der Waals surface area contributed by atoms with Crippen LogP contribution in [0.1, 0.15) is 15.9 Å². The van der Waals surface area contributed by atoms with Crippen molar-refractivity contribution in [1.29, 1.82) is 0 Å². The maximum absolute atomic E-state index is 2.27. The Kier molecular flexibility index (Phi) is 1.93. The molecule has 1 aliphatic rings. The first-order chi connectivity index (χ1) is 4.97. The van der Waals surface area contributed by atoms with Crippen LogP contribution in [0.3, 0.4) is 0 Å². The van der Waals surface area contributed by atoms with Crippen LogP contribution in [0, 0.1) is 0 Å². The van der Waals surface area contributed by atoms with Crippen LogP contribution in [0.4, 0.5) is 0 Å². The van der Waals surface area contributed by atoms with Gasteiger partial charge in [-0.25, -0.2) is 0 Å². The van der Waals surface area contributed by atoms with Crippen LogP contribution in [0.2, 0.25) is 0 Å². The van der Waals surface area contributed by atoms with Crippen LogP contribution < -0.4 is 21.2 Å². The van der Waals surface area contributed by atoms with E-state index in [4.69, 9.17) is 0 Å². The van der Waals surface area contributed by atoms with Gasteiger partial charge in [0.1, 0.15) is 0 Å². The molecule has 0 radical (unpaired) electrons. The zero-order valence-corrected chi connectivity index (χ0v) is 7.91. The zero-order chi connectivity index (χ0) is 6.81. The van der Waals surface area contributed by atoms with Gasteiger partial charge in [-0.1, -0.05) is 0 Å². The molecule has 0 aliphatic carbocycles. The molecule has 1 unspecified atom stereocenters. The Balaban J connectivity index is 2.18. The Hall–Kier alpha value is -0.0500. The molecule has 0 N–H and O–H groups in total. The predicted molar refractivity (Wildman–Crippen MR) is 38.7 cm³/mol. The van der Waals surface area contributed by atoms with Crippen molar-refractivity contribution in [2.75, 3.05) is 4.43 Å². The molecule has 1 heterocycles. The molecule has 0 amide bonds. The molecule has 0 bridgehead atoms. The van der Waals surface area contributed by atoms with E-state index in [9.17, 15) is 0 Å². The molecule has 10 heavy (non-hydrogen) atoms. The first kappa shape index (κ1) is 6.65. The Morgan fingerprint density at radius 3 is 2.40 bits per heavy atom. The van der Waals surface area contributed by atoms with Crippen LogP contribution in [0.5, 0.6) is 0 Å². The first-order valence-corrected chi connectivity index (χ1v) is 6.36. The van der Waals surface area contributed by atoms with Gasteiger partial charge < -0.3 is 0 Å². The molecule has 54 valence electrons. The van der Waals surface area contributed by atoms with Gasteiger partial charge in [0.15, 0.2) is 0 Å². The van der Waals surface area contributed by atoms with Crippen molar-refractivity contribution in [3.8, 4) is 0 Å². The molecule has 0 spiro atoms. The van der Waals surface area contributed by atoms with Gasteiger partial charge >= 0.3 is 71.9 Å². The van der Waals surface area contributed by atoms with Crippen molar-refractivity contribution in [3.63, 3.8) is 0 Å². The monoisotopic (exact) mass is 245 g/mol. The second-order valence-electron chi connectivity index (χ2n) is 2.51. The summed E-state index contributed by atoms with van der Waals surface area (Å²) in [5.74, 6) is 0. The van der Waals surface area contributed by atoms with Crippen molar-refractivity contribution in [2.24, 2.45) is 0 Å². The Bertz CT molecular complexity index is 201. The van der Waals surface area contributed by atoms with E-state index in [0.717, 1.165) is 3.92 Å². The summed E-state index contributed by atoms with van der Waals surface area (Å²) in [5, 5.41) is 0. The summed E-state index contributed by atoms with van der Waals surface area (Å²) in [7, 11) is 0. The fourth-order valence-electron chi connectivity index (χ4n) is 1.14. The molecule has 2 rings (SSSR count). The molecule has 1 aromatic carbocycles. The third-order valence-electron chi connectivity index (χ3n) is 1.82. The van der Waals surface area contributed by atoms with Crippen LogP contribution >= 0.6 is 0 Å². The van der Waals surface area contributed by atoms with Gasteiger partial charge in [0.25, 0.3) is 0 Å². The third-order valence-corrected chi connectivity index (χ3v) is 5.47. The summed E-state index contributed by atoms with van der Waals surface area (Å²) in [6, 6.07) is 10.9. The van der Waals surface area contributed by atoms with E-state index in [1.54, 1.807) is 9.99 Å². The van der Waals surface area contributed by atoms with E-state index in [1.165, 1.54) is 6.42 Å². The van der Waals surface area contributed by atoms with Crippen molar-refractivity contribution >= 4 is 0 Å². The fourth-order valence-corrected chi connectivity index (χ4v) is 3.31. The van der Waals surface area contributed by atoms with Crippen molar-refractivity contribution < 1.29 is 21.2 Å². The van der Waals surface area contributed by atoms with Crippen LogP contribution in [0.25, 0.3) is 0 Å². The third kappa shape index (κ3) is 1.19. The number of rotatable bonds is 1. The van der Waals surface area contributed by atoms with E-state index in [0.29, 0.717) is 21.2 Å². The van der Waals surface area contributed by atoms with E-state index in [-0.39, 0.29) is 0 Å². The van der Waals surface area contributed by atoms with Gasteiger partial charge in [-0.15, -0.1) is 0 Å². The molecular weight excluding hydrogens is 235 g/mol. The molecule has 1 aromatic rings. The topological polar surface area (TPSA) is 0 Å². The molecule has 0 saturated carbocycles. The molecule has 1 saturated heterocycles. The van der Waals surface area contributed by atoms with E-state index >= 15 is 0 Å². The van der Waals surface area contributed by atoms with Crippen molar-refractivity contribution in [3.05, 3.63) is 35.9 Å². The zero-order valence-electron chi connectivity index (χ0n) is 5.76. The van der Waals surface area contributed by atoms with Crippen molar-refractivity contribution in [2.45, 2.75) is 10.3 Å². The summed E-state index contributed by atoms with van der Waals surface area (Å²) in [5.41, 5.74) is 1.58. The summed E-state index contributed by atoms with van der Waals surface area (Å²) >= 11 is 0.547. The second kappa shape index (κ2) is 2.91. The van der Waals surface area contributed by atoms with Crippen molar-refractivity contribution in [1.82, 2.24) is 0 Å². The molecule has 1 aliphatic heterocycles. The normalized spacial score (nSPS) is 24.6. The molecule has 1 heteroatoms. The summed E-state index contributed by atoms with van der Waals surface area (Å²) < 4.78 is 2.54. The molecule has 0 aromatic heterocycles. The van der Waals surface area contributed by atoms with Crippen LogP contribution in [0.15, 0.2) is 30.3 Å². The minimum atomic E-state index is 0.547. The number of hydrogen-bond donors (Lipinski definition) is 0. The van der Waals surface area contributed by atoms with E-state index in [2.05, 4.69) is 30.3 Å². The first-order valence-electron chi connectivity index (χ1n) is 3.59. The quantitative estimate of drug-likeness (QED) is 0.450. The Morgan fingerprint density at radius 2 is 1.90 bits per heavy atom. The molecule has 1 atom stereocenters. The summed E-state index contributed by atoms with van der Waals surface area (Å²) in [6.45, 7) is 0. The summed E-state index contributed by atoms with van der Waals surface area (Å²) in [6.07, 6.45) is 1.46. The Morgan fingerprint density at radius 1 is 1.20 bits per heavy atom. The van der Waals surface area contributed by atoms with Gasteiger partial charge in [-0.2, -0.15) is 0 Å².